The highest BCUT2D eigenvalue weighted by molar-refractivity contribution is 7.89. The Morgan fingerprint density at radius 2 is 1.79 bits per heavy atom. The minimum absolute atomic E-state index is 0.00955. The van der Waals surface area contributed by atoms with Crippen LogP contribution in [0.4, 0.5) is 0 Å². The van der Waals surface area contributed by atoms with Gasteiger partial charge in [0.25, 0.3) is 0 Å². The van der Waals surface area contributed by atoms with Crippen molar-refractivity contribution in [2.45, 2.75) is 37.6 Å². The molecule has 0 aliphatic carbocycles. The van der Waals surface area contributed by atoms with Gasteiger partial charge in [0.05, 0.1) is 11.4 Å². The van der Waals surface area contributed by atoms with Crippen molar-refractivity contribution in [1.29, 1.82) is 0 Å². The molecular weight excluding hydrogens is 326 g/mol. The smallest absolute Gasteiger partial charge is 0.243 e. The average molecular weight is 353 g/mol. The first kappa shape index (κ1) is 18.9. The quantitative estimate of drug-likeness (QED) is 0.802. The Morgan fingerprint density at radius 1 is 1.17 bits per heavy atom. The van der Waals surface area contributed by atoms with E-state index in [1.54, 1.807) is 30.3 Å². The van der Waals surface area contributed by atoms with Gasteiger partial charge in [0.2, 0.25) is 15.9 Å². The zero-order valence-electron chi connectivity index (χ0n) is 14.4. The predicted molar refractivity (Wildman–Crippen MR) is 94.2 cm³/mol. The molecule has 7 heteroatoms. The van der Waals surface area contributed by atoms with E-state index >= 15 is 0 Å². The van der Waals surface area contributed by atoms with Gasteiger partial charge in [-0.25, -0.2) is 8.42 Å². The summed E-state index contributed by atoms with van der Waals surface area (Å²) in [4.78, 5) is 14.3. The second-order valence-electron chi connectivity index (χ2n) is 6.25. The minimum atomic E-state index is -3.43. The van der Waals surface area contributed by atoms with E-state index in [1.165, 1.54) is 4.31 Å². The van der Waals surface area contributed by atoms with E-state index < -0.39 is 10.0 Å². The number of carbonyl (C=O) groups excluding carboxylic acids is 1. The summed E-state index contributed by atoms with van der Waals surface area (Å²) in [5.74, 6) is 0.00955. The first-order valence-electron chi connectivity index (χ1n) is 8.50. The Bertz CT molecular complexity index is 626. The molecule has 1 fully saturated rings. The maximum absolute atomic E-state index is 12.6. The maximum Gasteiger partial charge on any atom is 0.243 e. The summed E-state index contributed by atoms with van der Waals surface area (Å²) in [6.07, 6.45) is 2.01. The first-order valence-corrected chi connectivity index (χ1v) is 9.94. The molecular formula is C17H27N3O3S. The summed E-state index contributed by atoms with van der Waals surface area (Å²) in [5, 5.41) is 2.98. The molecule has 1 aliphatic heterocycles. The molecule has 24 heavy (non-hydrogen) atoms. The first-order chi connectivity index (χ1) is 11.4. The van der Waals surface area contributed by atoms with E-state index in [2.05, 4.69) is 12.2 Å². The SMILES string of the molecule is CCC[C@@H](C)NC(=O)CN1CCN(S(=O)(=O)c2ccccc2)CC1. The number of rotatable bonds is 7. The normalized spacial score (nSPS) is 18.2. The van der Waals surface area contributed by atoms with Gasteiger partial charge in [-0.05, 0) is 25.5 Å². The van der Waals surface area contributed by atoms with E-state index in [0.29, 0.717) is 37.6 Å². The van der Waals surface area contributed by atoms with Crippen LogP contribution in [0.2, 0.25) is 0 Å². The lowest BCUT2D eigenvalue weighted by molar-refractivity contribution is -0.123. The number of nitrogens with zero attached hydrogens (tertiary/aromatic N) is 2. The third-order valence-electron chi connectivity index (χ3n) is 4.21. The molecule has 1 aromatic carbocycles. The molecule has 1 atom stereocenters. The van der Waals surface area contributed by atoms with Crippen LogP contribution >= 0.6 is 0 Å². The second-order valence-corrected chi connectivity index (χ2v) is 8.19. The number of carbonyl (C=O) groups is 1. The van der Waals surface area contributed by atoms with Crippen molar-refractivity contribution in [3.63, 3.8) is 0 Å². The number of benzene rings is 1. The van der Waals surface area contributed by atoms with Crippen LogP contribution in [0, 0.1) is 0 Å². The van der Waals surface area contributed by atoms with E-state index in [0.717, 1.165) is 12.8 Å². The molecule has 1 heterocycles. The van der Waals surface area contributed by atoms with Crippen LogP contribution < -0.4 is 5.32 Å². The highest BCUT2D eigenvalue weighted by Gasteiger charge is 2.28. The average Bonchev–Trinajstić information content (AvgIpc) is 2.56. The number of sulfonamides is 1. The van der Waals surface area contributed by atoms with Gasteiger partial charge in [-0.15, -0.1) is 0 Å². The molecule has 1 aromatic rings. The molecule has 1 N–H and O–H groups in total. The molecule has 134 valence electrons. The van der Waals surface area contributed by atoms with Crippen LogP contribution in [0.15, 0.2) is 35.2 Å². The highest BCUT2D eigenvalue weighted by atomic mass is 32.2. The van der Waals surface area contributed by atoms with Gasteiger partial charge in [0, 0.05) is 32.2 Å². The van der Waals surface area contributed by atoms with Crippen molar-refractivity contribution in [1.82, 2.24) is 14.5 Å². The van der Waals surface area contributed by atoms with Gasteiger partial charge >= 0.3 is 0 Å². The fraction of sp³-hybridized carbons (Fsp3) is 0.588. The monoisotopic (exact) mass is 353 g/mol. The summed E-state index contributed by atoms with van der Waals surface area (Å²) in [6.45, 7) is 6.39. The van der Waals surface area contributed by atoms with Crippen LogP contribution in [-0.4, -0.2) is 62.3 Å². The fourth-order valence-electron chi connectivity index (χ4n) is 2.90. The molecule has 0 spiro atoms. The van der Waals surface area contributed by atoms with Crippen LogP contribution in [0.25, 0.3) is 0 Å². The molecule has 1 aliphatic rings. The van der Waals surface area contributed by atoms with Crippen molar-refractivity contribution in [2.24, 2.45) is 0 Å². The lowest BCUT2D eigenvalue weighted by Gasteiger charge is -2.33. The number of hydrogen-bond acceptors (Lipinski definition) is 4. The Morgan fingerprint density at radius 3 is 2.38 bits per heavy atom. The molecule has 0 unspecified atom stereocenters. The minimum Gasteiger partial charge on any atom is -0.353 e. The Hall–Kier alpha value is -1.44. The molecule has 0 aromatic heterocycles. The van der Waals surface area contributed by atoms with E-state index in [1.807, 2.05) is 11.8 Å². The third kappa shape index (κ3) is 5.03. The molecule has 2 rings (SSSR count). The molecule has 6 nitrogen and oxygen atoms in total. The molecule has 0 radical (unpaired) electrons. The summed E-state index contributed by atoms with van der Waals surface area (Å²) in [5.41, 5.74) is 0. The van der Waals surface area contributed by atoms with Gasteiger partial charge in [-0.2, -0.15) is 4.31 Å². The fourth-order valence-corrected chi connectivity index (χ4v) is 4.34. The lowest BCUT2D eigenvalue weighted by atomic mass is 10.2. The largest absolute Gasteiger partial charge is 0.353 e. The van der Waals surface area contributed by atoms with E-state index in [9.17, 15) is 13.2 Å². The summed E-state index contributed by atoms with van der Waals surface area (Å²) in [7, 11) is -3.43. The third-order valence-corrected chi connectivity index (χ3v) is 6.12. The number of amides is 1. The van der Waals surface area contributed by atoms with Gasteiger partial charge in [-0.3, -0.25) is 9.69 Å². The summed E-state index contributed by atoms with van der Waals surface area (Å²) < 4.78 is 26.6. The lowest BCUT2D eigenvalue weighted by Crippen LogP contribution is -2.51. The molecule has 1 saturated heterocycles. The van der Waals surface area contributed by atoms with E-state index in [4.69, 9.17) is 0 Å². The van der Waals surface area contributed by atoms with Crippen molar-refractivity contribution in [2.75, 3.05) is 32.7 Å². The van der Waals surface area contributed by atoms with Crippen LogP contribution in [0.1, 0.15) is 26.7 Å². The maximum atomic E-state index is 12.6. The van der Waals surface area contributed by atoms with Gasteiger partial charge in [0.15, 0.2) is 0 Å². The Labute approximate surface area is 144 Å². The Balaban J connectivity index is 1.84. The van der Waals surface area contributed by atoms with Crippen molar-refractivity contribution in [3.05, 3.63) is 30.3 Å². The van der Waals surface area contributed by atoms with Crippen LogP contribution in [-0.2, 0) is 14.8 Å². The summed E-state index contributed by atoms with van der Waals surface area (Å²) in [6, 6.07) is 8.67. The van der Waals surface area contributed by atoms with Crippen molar-refractivity contribution >= 4 is 15.9 Å². The zero-order chi connectivity index (χ0) is 17.6. The second kappa shape index (κ2) is 8.60. The molecule has 0 bridgehead atoms. The van der Waals surface area contributed by atoms with Gasteiger partial charge in [-0.1, -0.05) is 31.5 Å². The Kier molecular flexibility index (Phi) is 6.77. The van der Waals surface area contributed by atoms with Crippen LogP contribution in [0.5, 0.6) is 0 Å². The van der Waals surface area contributed by atoms with Crippen LogP contribution in [0.3, 0.4) is 0 Å². The van der Waals surface area contributed by atoms with E-state index in [-0.39, 0.29) is 11.9 Å². The predicted octanol–water partition coefficient (Wildman–Crippen LogP) is 1.30. The number of hydrogen-bond donors (Lipinski definition) is 1. The standard InChI is InChI=1S/C17H27N3O3S/c1-3-7-15(2)18-17(21)14-19-10-12-20(13-11-19)24(22,23)16-8-5-4-6-9-16/h4-6,8-9,15H,3,7,10-14H2,1-2H3,(H,18,21)/t15-/m1/s1. The number of piperazine rings is 1. The highest BCUT2D eigenvalue weighted by Crippen LogP contribution is 2.17. The molecule has 0 saturated carbocycles. The zero-order valence-corrected chi connectivity index (χ0v) is 15.3. The van der Waals surface area contributed by atoms with Crippen molar-refractivity contribution < 1.29 is 13.2 Å². The summed E-state index contributed by atoms with van der Waals surface area (Å²) >= 11 is 0. The van der Waals surface area contributed by atoms with Gasteiger partial charge < -0.3 is 5.32 Å². The van der Waals surface area contributed by atoms with Crippen molar-refractivity contribution in [3.8, 4) is 0 Å². The van der Waals surface area contributed by atoms with Gasteiger partial charge in [0.1, 0.15) is 0 Å². The topological polar surface area (TPSA) is 69.7 Å². The number of nitrogens with one attached hydrogen (secondary N) is 1. The molecule has 1 amide bonds.